The van der Waals surface area contributed by atoms with Crippen LogP contribution in [-0.4, -0.2) is 48.9 Å². The van der Waals surface area contributed by atoms with E-state index in [1.807, 2.05) is 37.4 Å². The molecule has 0 radical (unpaired) electrons. The SMILES string of the molecule is CCOc1ccccc1C=NN1CCN(Cc2ccc(C)cc2C)CC1. The molecule has 0 aliphatic carbocycles. The molecule has 4 nitrogen and oxygen atoms in total. The molecule has 0 atom stereocenters. The van der Waals surface area contributed by atoms with Gasteiger partial charge in [0.2, 0.25) is 0 Å². The van der Waals surface area contributed by atoms with Crippen LogP contribution in [0.3, 0.4) is 0 Å². The smallest absolute Gasteiger partial charge is 0.128 e. The lowest BCUT2D eigenvalue weighted by Gasteiger charge is -2.33. The van der Waals surface area contributed by atoms with Gasteiger partial charge in [-0.05, 0) is 44.0 Å². The van der Waals surface area contributed by atoms with Crippen molar-refractivity contribution in [2.24, 2.45) is 5.10 Å². The molecule has 26 heavy (non-hydrogen) atoms. The second kappa shape index (κ2) is 8.86. The van der Waals surface area contributed by atoms with Crippen LogP contribution in [0.1, 0.15) is 29.2 Å². The molecule has 138 valence electrons. The van der Waals surface area contributed by atoms with Crippen LogP contribution in [0.2, 0.25) is 0 Å². The molecule has 0 N–H and O–H groups in total. The highest BCUT2D eigenvalue weighted by Crippen LogP contribution is 2.17. The van der Waals surface area contributed by atoms with Crippen molar-refractivity contribution in [3.63, 3.8) is 0 Å². The van der Waals surface area contributed by atoms with Gasteiger partial charge in [0.15, 0.2) is 0 Å². The molecule has 0 saturated carbocycles. The van der Waals surface area contributed by atoms with Crippen molar-refractivity contribution in [1.82, 2.24) is 9.91 Å². The van der Waals surface area contributed by atoms with E-state index in [0.29, 0.717) is 6.61 Å². The van der Waals surface area contributed by atoms with Crippen LogP contribution in [0, 0.1) is 13.8 Å². The summed E-state index contributed by atoms with van der Waals surface area (Å²) in [6.07, 6.45) is 1.92. The molecule has 0 bridgehead atoms. The number of ether oxygens (including phenoxy) is 1. The maximum absolute atomic E-state index is 5.66. The third-order valence-corrected chi connectivity index (χ3v) is 4.82. The zero-order valence-corrected chi connectivity index (χ0v) is 16.1. The fourth-order valence-electron chi connectivity index (χ4n) is 3.29. The zero-order valence-electron chi connectivity index (χ0n) is 16.1. The van der Waals surface area contributed by atoms with Crippen LogP contribution in [0.4, 0.5) is 0 Å². The highest BCUT2D eigenvalue weighted by molar-refractivity contribution is 5.83. The summed E-state index contributed by atoms with van der Waals surface area (Å²) in [5.74, 6) is 0.896. The first kappa shape index (κ1) is 18.5. The van der Waals surface area contributed by atoms with E-state index < -0.39 is 0 Å². The fourth-order valence-corrected chi connectivity index (χ4v) is 3.29. The van der Waals surface area contributed by atoms with Crippen molar-refractivity contribution < 1.29 is 4.74 Å². The number of rotatable bonds is 6. The molecule has 0 aromatic heterocycles. The quantitative estimate of drug-likeness (QED) is 0.740. The van der Waals surface area contributed by atoms with E-state index in [1.165, 1.54) is 16.7 Å². The minimum atomic E-state index is 0.669. The van der Waals surface area contributed by atoms with Crippen molar-refractivity contribution in [1.29, 1.82) is 0 Å². The summed E-state index contributed by atoms with van der Waals surface area (Å²) in [4.78, 5) is 2.51. The summed E-state index contributed by atoms with van der Waals surface area (Å²) in [7, 11) is 0. The molecule has 1 saturated heterocycles. The van der Waals surface area contributed by atoms with E-state index in [2.05, 4.69) is 47.1 Å². The summed E-state index contributed by atoms with van der Waals surface area (Å²) in [5.41, 5.74) is 5.18. The van der Waals surface area contributed by atoms with Crippen molar-refractivity contribution >= 4 is 6.21 Å². The third-order valence-electron chi connectivity index (χ3n) is 4.82. The first-order valence-electron chi connectivity index (χ1n) is 9.45. The molecule has 1 fully saturated rings. The van der Waals surface area contributed by atoms with Crippen LogP contribution in [0.5, 0.6) is 5.75 Å². The minimum absolute atomic E-state index is 0.669. The molecule has 3 rings (SSSR count). The Labute approximate surface area is 157 Å². The molecule has 4 heteroatoms. The number of para-hydroxylation sites is 1. The van der Waals surface area contributed by atoms with Gasteiger partial charge in [-0.25, -0.2) is 0 Å². The first-order chi connectivity index (χ1) is 12.7. The molecule has 1 aliphatic rings. The lowest BCUT2D eigenvalue weighted by atomic mass is 10.1. The van der Waals surface area contributed by atoms with Crippen LogP contribution in [-0.2, 0) is 6.54 Å². The number of benzene rings is 2. The van der Waals surface area contributed by atoms with Crippen molar-refractivity contribution in [3.05, 3.63) is 64.7 Å². The van der Waals surface area contributed by atoms with Crippen LogP contribution in [0.15, 0.2) is 47.6 Å². The number of piperazine rings is 1. The van der Waals surface area contributed by atoms with Crippen LogP contribution >= 0.6 is 0 Å². The van der Waals surface area contributed by atoms with E-state index >= 15 is 0 Å². The number of hydrogen-bond donors (Lipinski definition) is 0. The Morgan fingerprint density at radius 2 is 1.81 bits per heavy atom. The number of aryl methyl sites for hydroxylation is 2. The average Bonchev–Trinajstić information content (AvgIpc) is 2.65. The van der Waals surface area contributed by atoms with Crippen LogP contribution in [0.25, 0.3) is 0 Å². The van der Waals surface area contributed by atoms with Gasteiger partial charge in [-0.2, -0.15) is 5.10 Å². The largest absolute Gasteiger partial charge is 0.493 e. The van der Waals surface area contributed by atoms with Gasteiger partial charge in [0.25, 0.3) is 0 Å². The molecule has 0 unspecified atom stereocenters. The lowest BCUT2D eigenvalue weighted by Crippen LogP contribution is -2.43. The maximum Gasteiger partial charge on any atom is 0.128 e. The van der Waals surface area contributed by atoms with Gasteiger partial charge in [-0.3, -0.25) is 9.91 Å². The van der Waals surface area contributed by atoms with Crippen LogP contribution < -0.4 is 4.74 Å². The van der Waals surface area contributed by atoms with Gasteiger partial charge in [-0.1, -0.05) is 35.9 Å². The van der Waals surface area contributed by atoms with Crippen molar-refractivity contribution in [2.75, 3.05) is 32.8 Å². The summed E-state index contributed by atoms with van der Waals surface area (Å²) < 4.78 is 5.66. The van der Waals surface area contributed by atoms with Gasteiger partial charge in [0.1, 0.15) is 5.75 Å². The Balaban J connectivity index is 1.54. The Bertz CT molecular complexity index is 749. The molecule has 2 aromatic rings. The van der Waals surface area contributed by atoms with Gasteiger partial charge >= 0.3 is 0 Å². The molecule has 1 heterocycles. The number of nitrogens with zero attached hydrogens (tertiary/aromatic N) is 3. The van der Waals surface area contributed by atoms with Crippen molar-refractivity contribution in [3.8, 4) is 5.75 Å². The van der Waals surface area contributed by atoms with Gasteiger partial charge < -0.3 is 4.74 Å². The van der Waals surface area contributed by atoms with E-state index in [9.17, 15) is 0 Å². The Kier molecular flexibility index (Phi) is 6.29. The Morgan fingerprint density at radius 1 is 1.04 bits per heavy atom. The molecule has 1 aliphatic heterocycles. The number of hydrazone groups is 1. The van der Waals surface area contributed by atoms with Gasteiger partial charge in [-0.15, -0.1) is 0 Å². The van der Waals surface area contributed by atoms with E-state index in [4.69, 9.17) is 4.74 Å². The molecular formula is C22H29N3O. The monoisotopic (exact) mass is 351 g/mol. The van der Waals surface area contributed by atoms with Crippen molar-refractivity contribution in [2.45, 2.75) is 27.3 Å². The van der Waals surface area contributed by atoms with Gasteiger partial charge in [0, 0.05) is 38.3 Å². The Morgan fingerprint density at radius 3 is 2.54 bits per heavy atom. The highest BCUT2D eigenvalue weighted by atomic mass is 16.5. The van der Waals surface area contributed by atoms with E-state index in [1.54, 1.807) is 0 Å². The topological polar surface area (TPSA) is 28.1 Å². The fraction of sp³-hybridized carbons (Fsp3) is 0.409. The molecule has 0 amide bonds. The first-order valence-corrected chi connectivity index (χ1v) is 9.45. The second-order valence-corrected chi connectivity index (χ2v) is 6.88. The predicted molar refractivity (Wildman–Crippen MR) is 108 cm³/mol. The normalized spacial score (nSPS) is 15.6. The lowest BCUT2D eigenvalue weighted by molar-refractivity contribution is 0.131. The predicted octanol–water partition coefficient (Wildman–Crippen LogP) is 3.85. The zero-order chi connectivity index (χ0) is 18.4. The molecular weight excluding hydrogens is 322 g/mol. The second-order valence-electron chi connectivity index (χ2n) is 6.88. The summed E-state index contributed by atoms with van der Waals surface area (Å²) >= 11 is 0. The third kappa shape index (κ3) is 4.85. The Hall–Kier alpha value is -2.33. The molecule has 2 aromatic carbocycles. The average molecular weight is 351 g/mol. The van der Waals surface area contributed by atoms with E-state index in [-0.39, 0.29) is 0 Å². The number of hydrogen-bond acceptors (Lipinski definition) is 4. The minimum Gasteiger partial charge on any atom is -0.493 e. The van der Waals surface area contributed by atoms with Gasteiger partial charge in [0.05, 0.1) is 12.8 Å². The summed E-state index contributed by atoms with van der Waals surface area (Å²) in [6.45, 7) is 12.0. The standard InChI is InChI=1S/C22H29N3O/c1-4-26-22-8-6-5-7-20(22)16-23-25-13-11-24(12-14-25)17-21-10-9-18(2)15-19(21)3/h5-10,15-16H,4,11-14,17H2,1-3H3. The molecule has 0 spiro atoms. The van der Waals surface area contributed by atoms with E-state index in [0.717, 1.165) is 44.0 Å². The summed E-state index contributed by atoms with van der Waals surface area (Å²) in [5, 5.41) is 6.82. The maximum atomic E-state index is 5.66. The highest BCUT2D eigenvalue weighted by Gasteiger charge is 2.16. The summed E-state index contributed by atoms with van der Waals surface area (Å²) in [6, 6.07) is 14.8.